The van der Waals surface area contributed by atoms with Gasteiger partial charge in [-0.15, -0.1) is 0 Å². The molecule has 0 saturated heterocycles. The van der Waals surface area contributed by atoms with Crippen LogP contribution in [0.5, 0.6) is 0 Å². The molecule has 0 aliphatic heterocycles. The molecule has 0 bridgehead atoms. The Morgan fingerprint density at radius 1 is 1.33 bits per heavy atom. The molecule has 0 amide bonds. The molecule has 1 aromatic heterocycles. The maximum atomic E-state index is 11.7. The Hall–Kier alpha value is -1.04. The predicted octanol–water partition coefficient (Wildman–Crippen LogP) is 3.73. The summed E-state index contributed by atoms with van der Waals surface area (Å²) < 4.78 is 6.64. The van der Waals surface area contributed by atoms with Gasteiger partial charge in [0.05, 0.1) is 7.11 Å². The Kier molecular flexibility index (Phi) is 3.94. The van der Waals surface area contributed by atoms with E-state index < -0.39 is 5.97 Å². The highest BCUT2D eigenvalue weighted by Crippen LogP contribution is 2.27. The molecule has 2 rings (SSSR count). The third kappa shape index (κ3) is 2.39. The quantitative estimate of drug-likeness (QED) is 0.776. The van der Waals surface area contributed by atoms with E-state index in [1.165, 1.54) is 7.11 Å². The monoisotopic (exact) mass is 348 g/mol. The number of benzene rings is 1. The minimum Gasteiger partial charge on any atom is -0.464 e. The second kappa shape index (κ2) is 5.30. The van der Waals surface area contributed by atoms with E-state index in [2.05, 4.69) is 25.7 Å². The summed E-state index contributed by atoms with van der Waals surface area (Å²) in [5, 5.41) is 0.671. The van der Waals surface area contributed by atoms with Crippen LogP contribution in [0.4, 0.5) is 0 Å². The van der Waals surface area contributed by atoms with Crippen molar-refractivity contribution in [3.63, 3.8) is 0 Å². The summed E-state index contributed by atoms with van der Waals surface area (Å²) in [6.07, 6.45) is 0. The van der Waals surface area contributed by atoms with Crippen LogP contribution < -0.4 is 0 Å². The first-order valence-corrected chi connectivity index (χ1v) is 6.37. The van der Waals surface area contributed by atoms with E-state index in [4.69, 9.17) is 23.2 Å². The summed E-state index contributed by atoms with van der Waals surface area (Å²) in [7, 11) is 1.28. The van der Waals surface area contributed by atoms with Gasteiger partial charge in [-0.1, -0.05) is 23.2 Å². The molecular weight excluding hydrogens is 343 g/mol. The minimum atomic E-state index is -0.562. The zero-order valence-electron chi connectivity index (χ0n) is 9.15. The molecule has 1 aromatic carbocycles. The van der Waals surface area contributed by atoms with Crippen LogP contribution >= 0.6 is 39.1 Å². The summed E-state index contributed by atoms with van der Waals surface area (Å²) in [5.74, 6) is -0.562. The molecule has 18 heavy (non-hydrogen) atoms. The SMILES string of the molecule is COC(=O)c1c(Cl)nc(Br)n1-c1ccc(Cl)cc1. The Morgan fingerprint density at radius 2 is 1.94 bits per heavy atom. The van der Waals surface area contributed by atoms with Gasteiger partial charge in [0, 0.05) is 10.7 Å². The van der Waals surface area contributed by atoms with E-state index in [1.54, 1.807) is 28.8 Å². The smallest absolute Gasteiger partial charge is 0.358 e. The summed E-state index contributed by atoms with van der Waals surface area (Å²) in [4.78, 5) is 15.7. The number of carbonyl (C=O) groups is 1. The van der Waals surface area contributed by atoms with E-state index in [-0.39, 0.29) is 10.8 Å². The molecule has 0 N–H and O–H groups in total. The molecule has 7 heteroatoms. The molecule has 0 atom stereocenters. The van der Waals surface area contributed by atoms with E-state index >= 15 is 0 Å². The normalized spacial score (nSPS) is 10.4. The number of carbonyl (C=O) groups excluding carboxylic acids is 1. The van der Waals surface area contributed by atoms with Crippen molar-refractivity contribution in [2.75, 3.05) is 7.11 Å². The standard InChI is InChI=1S/C11H7BrCl2N2O2/c1-18-10(17)8-9(14)15-11(12)16(8)7-4-2-6(13)3-5-7/h2-5H,1H3. The van der Waals surface area contributed by atoms with Crippen LogP contribution in [0.2, 0.25) is 10.2 Å². The molecule has 94 valence electrons. The second-order valence-electron chi connectivity index (χ2n) is 3.32. The Labute approximate surface area is 122 Å². The first kappa shape index (κ1) is 13.4. The highest BCUT2D eigenvalue weighted by Gasteiger charge is 2.22. The van der Waals surface area contributed by atoms with Crippen LogP contribution in [0.15, 0.2) is 29.0 Å². The van der Waals surface area contributed by atoms with Crippen LogP contribution in [0.25, 0.3) is 5.69 Å². The van der Waals surface area contributed by atoms with E-state index in [0.717, 1.165) is 0 Å². The summed E-state index contributed by atoms with van der Waals surface area (Å²) >= 11 is 15.0. The first-order valence-electron chi connectivity index (χ1n) is 4.82. The van der Waals surface area contributed by atoms with Crippen molar-refractivity contribution >= 4 is 45.1 Å². The number of hydrogen-bond donors (Lipinski definition) is 0. The number of hydrogen-bond acceptors (Lipinski definition) is 3. The lowest BCUT2D eigenvalue weighted by Crippen LogP contribution is -2.09. The lowest BCUT2D eigenvalue weighted by molar-refractivity contribution is 0.0591. The van der Waals surface area contributed by atoms with Crippen molar-refractivity contribution in [1.82, 2.24) is 9.55 Å². The fourth-order valence-electron chi connectivity index (χ4n) is 1.47. The van der Waals surface area contributed by atoms with Gasteiger partial charge in [0.25, 0.3) is 0 Å². The largest absolute Gasteiger partial charge is 0.464 e. The molecule has 0 fully saturated rings. The van der Waals surface area contributed by atoms with Gasteiger partial charge in [0.1, 0.15) is 0 Å². The Bertz CT molecular complexity index is 596. The molecule has 1 heterocycles. The van der Waals surface area contributed by atoms with Crippen LogP contribution in [0.1, 0.15) is 10.5 Å². The molecule has 0 aliphatic carbocycles. The first-order chi connectivity index (χ1) is 8.54. The highest BCUT2D eigenvalue weighted by atomic mass is 79.9. The number of halogens is 3. The zero-order chi connectivity index (χ0) is 13.3. The van der Waals surface area contributed by atoms with E-state index in [9.17, 15) is 4.79 Å². The number of nitrogens with zero attached hydrogens (tertiary/aromatic N) is 2. The van der Waals surface area contributed by atoms with E-state index in [1.807, 2.05) is 0 Å². The molecule has 0 spiro atoms. The second-order valence-corrected chi connectivity index (χ2v) is 4.83. The van der Waals surface area contributed by atoms with Crippen molar-refractivity contribution in [1.29, 1.82) is 0 Å². The van der Waals surface area contributed by atoms with Crippen molar-refractivity contribution in [2.45, 2.75) is 0 Å². The van der Waals surface area contributed by atoms with Gasteiger partial charge in [-0.2, -0.15) is 0 Å². The van der Waals surface area contributed by atoms with Crippen LogP contribution in [-0.2, 0) is 4.74 Å². The summed E-state index contributed by atoms with van der Waals surface area (Å²) in [5.41, 5.74) is 0.861. The van der Waals surface area contributed by atoms with Crippen molar-refractivity contribution in [3.8, 4) is 5.69 Å². The predicted molar refractivity (Wildman–Crippen MR) is 72.6 cm³/mol. The van der Waals surface area contributed by atoms with E-state index in [0.29, 0.717) is 15.4 Å². The number of esters is 1. The van der Waals surface area contributed by atoms with Crippen LogP contribution in [-0.4, -0.2) is 22.6 Å². The fourth-order valence-corrected chi connectivity index (χ4v) is 2.50. The number of imidazole rings is 1. The van der Waals surface area contributed by atoms with Gasteiger partial charge < -0.3 is 4.74 Å². The summed E-state index contributed by atoms with van der Waals surface area (Å²) in [6, 6.07) is 6.91. The van der Waals surface area contributed by atoms with Crippen molar-refractivity contribution in [2.24, 2.45) is 0 Å². The Balaban J connectivity index is 2.63. The number of ether oxygens (including phenoxy) is 1. The fraction of sp³-hybridized carbons (Fsp3) is 0.0909. The molecule has 0 saturated carbocycles. The molecular formula is C11H7BrCl2N2O2. The average molecular weight is 350 g/mol. The number of aromatic nitrogens is 2. The van der Waals surface area contributed by atoms with Crippen LogP contribution in [0, 0.1) is 0 Å². The maximum absolute atomic E-state index is 11.7. The number of methoxy groups -OCH3 is 1. The molecule has 0 aliphatic rings. The molecule has 0 radical (unpaired) electrons. The van der Waals surface area contributed by atoms with Crippen LogP contribution in [0.3, 0.4) is 0 Å². The molecule has 0 unspecified atom stereocenters. The van der Waals surface area contributed by atoms with Crippen molar-refractivity contribution in [3.05, 3.63) is 44.9 Å². The molecule has 4 nitrogen and oxygen atoms in total. The Morgan fingerprint density at radius 3 is 2.50 bits per heavy atom. The van der Waals surface area contributed by atoms with Gasteiger partial charge in [0.15, 0.2) is 15.6 Å². The van der Waals surface area contributed by atoms with Gasteiger partial charge in [-0.3, -0.25) is 4.57 Å². The topological polar surface area (TPSA) is 44.1 Å². The third-order valence-corrected chi connectivity index (χ3v) is 3.30. The van der Waals surface area contributed by atoms with Gasteiger partial charge in [-0.25, -0.2) is 9.78 Å². The van der Waals surface area contributed by atoms with Gasteiger partial charge in [-0.05, 0) is 40.2 Å². The third-order valence-electron chi connectivity index (χ3n) is 2.26. The average Bonchev–Trinajstić information content (AvgIpc) is 2.64. The van der Waals surface area contributed by atoms with Gasteiger partial charge >= 0.3 is 5.97 Å². The minimum absolute atomic E-state index is 0.0728. The lowest BCUT2D eigenvalue weighted by atomic mass is 10.3. The summed E-state index contributed by atoms with van der Waals surface area (Å²) in [6.45, 7) is 0. The maximum Gasteiger partial charge on any atom is 0.358 e. The number of rotatable bonds is 2. The lowest BCUT2D eigenvalue weighted by Gasteiger charge is -2.08. The highest BCUT2D eigenvalue weighted by molar-refractivity contribution is 9.10. The van der Waals surface area contributed by atoms with Gasteiger partial charge in [0.2, 0.25) is 0 Å². The molecule has 2 aromatic rings. The van der Waals surface area contributed by atoms with Crippen molar-refractivity contribution < 1.29 is 9.53 Å². The zero-order valence-corrected chi connectivity index (χ0v) is 12.3.